The lowest BCUT2D eigenvalue weighted by Gasteiger charge is -2.28. The Morgan fingerprint density at radius 3 is 2.03 bits per heavy atom. The first kappa shape index (κ1) is 23.9. The third-order valence-corrected chi connectivity index (χ3v) is 5.11. The van der Waals surface area contributed by atoms with Crippen molar-refractivity contribution in [2.75, 3.05) is 31.6 Å². The molecule has 0 aromatic heterocycles. The fourth-order valence-electron chi connectivity index (χ4n) is 3.48. The summed E-state index contributed by atoms with van der Waals surface area (Å²) in [5.74, 6) is 0. The van der Waals surface area contributed by atoms with Gasteiger partial charge >= 0.3 is 6.03 Å². The van der Waals surface area contributed by atoms with Gasteiger partial charge in [0.2, 0.25) is 0 Å². The third kappa shape index (κ3) is 7.15. The first-order valence-corrected chi connectivity index (χ1v) is 11.1. The van der Waals surface area contributed by atoms with E-state index in [1.807, 2.05) is 32.0 Å². The topological polar surface area (TPSA) is 50.8 Å². The van der Waals surface area contributed by atoms with Gasteiger partial charge in [0.1, 0.15) is 0 Å². The minimum Gasteiger partial charge on any atom is -0.351 e. The van der Waals surface area contributed by atoms with Gasteiger partial charge < -0.3 is 19.7 Å². The Balaban J connectivity index is 2.20. The number of para-hydroxylation sites is 1. The van der Waals surface area contributed by atoms with E-state index in [1.165, 1.54) is 5.56 Å². The summed E-state index contributed by atoms with van der Waals surface area (Å²) in [5, 5.41) is 3.18. The zero-order valence-corrected chi connectivity index (χ0v) is 18.8. The molecule has 1 N–H and O–H groups in total. The number of amides is 2. The second-order valence-corrected chi connectivity index (χ2v) is 7.11. The Labute approximate surface area is 181 Å². The highest BCUT2D eigenvalue weighted by atomic mass is 16.7. The first-order valence-electron chi connectivity index (χ1n) is 11.1. The summed E-state index contributed by atoms with van der Waals surface area (Å²) in [7, 11) is 0. The quantitative estimate of drug-likeness (QED) is 0.482. The molecule has 2 amide bonds. The number of ether oxygens (including phenoxy) is 2. The molecule has 30 heavy (non-hydrogen) atoms. The number of nitrogens with one attached hydrogen (secondary N) is 1. The molecule has 0 aliphatic heterocycles. The van der Waals surface area contributed by atoms with Gasteiger partial charge in [0, 0.05) is 25.4 Å². The Hall–Kier alpha value is -2.37. The van der Waals surface area contributed by atoms with Crippen LogP contribution >= 0.6 is 0 Å². The molecule has 5 heteroatoms. The number of rotatable bonds is 12. The van der Waals surface area contributed by atoms with Crippen molar-refractivity contribution in [3.05, 3.63) is 65.2 Å². The number of carbonyl (C=O) groups is 1. The molecule has 0 fully saturated rings. The van der Waals surface area contributed by atoms with Gasteiger partial charge in [0.15, 0.2) is 6.29 Å². The predicted molar refractivity (Wildman–Crippen MR) is 123 cm³/mol. The smallest absolute Gasteiger partial charge is 0.322 e. The molecule has 0 saturated heterocycles. The average Bonchev–Trinajstić information content (AvgIpc) is 2.77. The molecule has 0 saturated carbocycles. The molecule has 0 aliphatic carbocycles. The van der Waals surface area contributed by atoms with Crippen molar-refractivity contribution in [1.82, 2.24) is 4.90 Å². The maximum absolute atomic E-state index is 13.3. The van der Waals surface area contributed by atoms with Crippen LogP contribution < -0.4 is 5.32 Å². The van der Waals surface area contributed by atoms with Gasteiger partial charge in [0.25, 0.3) is 0 Å². The number of benzene rings is 2. The Kier molecular flexibility index (Phi) is 10.4. The zero-order valence-electron chi connectivity index (χ0n) is 18.8. The summed E-state index contributed by atoms with van der Waals surface area (Å²) in [6.45, 7) is 10.1. The number of carbonyl (C=O) groups excluding carboxylic acids is 1. The highest BCUT2D eigenvalue weighted by Crippen LogP contribution is 2.23. The van der Waals surface area contributed by atoms with Crippen LogP contribution in [-0.4, -0.2) is 43.5 Å². The SMILES string of the molecule is CCOC(CN(CCc1ccccc1)C(=O)Nc1c(CC)cccc1CC)OCC. The molecule has 0 unspecified atom stereocenters. The fourth-order valence-corrected chi connectivity index (χ4v) is 3.48. The monoisotopic (exact) mass is 412 g/mol. The molecule has 0 atom stereocenters. The predicted octanol–water partition coefficient (Wildman–Crippen LogP) is 5.29. The van der Waals surface area contributed by atoms with E-state index in [-0.39, 0.29) is 6.03 Å². The minimum absolute atomic E-state index is 0.120. The number of hydrogen-bond acceptors (Lipinski definition) is 3. The molecule has 2 aromatic carbocycles. The summed E-state index contributed by atoms with van der Waals surface area (Å²) in [4.78, 5) is 15.1. The average molecular weight is 413 g/mol. The van der Waals surface area contributed by atoms with Crippen molar-refractivity contribution in [3.8, 4) is 0 Å². The lowest BCUT2D eigenvalue weighted by Crippen LogP contribution is -2.43. The molecular formula is C25H36N2O3. The van der Waals surface area contributed by atoms with E-state index in [0.717, 1.165) is 36.1 Å². The number of nitrogens with zero attached hydrogens (tertiary/aromatic N) is 1. The van der Waals surface area contributed by atoms with E-state index in [0.29, 0.717) is 26.3 Å². The Bertz CT molecular complexity index is 736. The Morgan fingerprint density at radius 1 is 0.900 bits per heavy atom. The molecule has 0 spiro atoms. The maximum Gasteiger partial charge on any atom is 0.322 e. The normalized spacial score (nSPS) is 11.0. The number of anilines is 1. The summed E-state index contributed by atoms with van der Waals surface area (Å²) >= 11 is 0. The van der Waals surface area contributed by atoms with Gasteiger partial charge in [-0.15, -0.1) is 0 Å². The molecule has 2 rings (SSSR count). The van der Waals surface area contributed by atoms with Crippen LogP contribution in [0.25, 0.3) is 0 Å². The van der Waals surface area contributed by atoms with Crippen molar-refractivity contribution < 1.29 is 14.3 Å². The van der Waals surface area contributed by atoms with E-state index in [2.05, 4.69) is 49.5 Å². The second-order valence-electron chi connectivity index (χ2n) is 7.11. The second kappa shape index (κ2) is 13.0. The fraction of sp³-hybridized carbons (Fsp3) is 0.480. The highest BCUT2D eigenvalue weighted by Gasteiger charge is 2.21. The van der Waals surface area contributed by atoms with Gasteiger partial charge in [-0.2, -0.15) is 0 Å². The molecule has 5 nitrogen and oxygen atoms in total. The lowest BCUT2D eigenvalue weighted by molar-refractivity contribution is -0.142. The van der Waals surface area contributed by atoms with Crippen LogP contribution in [0.4, 0.5) is 10.5 Å². The number of hydrogen-bond donors (Lipinski definition) is 1. The van der Waals surface area contributed by atoms with Crippen molar-refractivity contribution in [1.29, 1.82) is 0 Å². The zero-order chi connectivity index (χ0) is 21.8. The van der Waals surface area contributed by atoms with Gasteiger partial charge in [-0.05, 0) is 49.8 Å². The number of aryl methyl sites for hydroxylation is 2. The molecule has 0 aliphatic rings. The van der Waals surface area contributed by atoms with E-state index in [4.69, 9.17) is 9.47 Å². The number of urea groups is 1. The third-order valence-electron chi connectivity index (χ3n) is 5.11. The first-order chi connectivity index (χ1) is 14.6. The van der Waals surface area contributed by atoms with Crippen LogP contribution in [0.5, 0.6) is 0 Å². The molecule has 2 aromatic rings. The van der Waals surface area contributed by atoms with E-state index < -0.39 is 6.29 Å². The summed E-state index contributed by atoms with van der Waals surface area (Å²) in [5.41, 5.74) is 4.43. The molecule has 164 valence electrons. The Morgan fingerprint density at radius 2 is 1.50 bits per heavy atom. The van der Waals surface area contributed by atoms with Crippen LogP contribution in [0.15, 0.2) is 48.5 Å². The van der Waals surface area contributed by atoms with Crippen LogP contribution in [-0.2, 0) is 28.7 Å². The highest BCUT2D eigenvalue weighted by molar-refractivity contribution is 5.91. The van der Waals surface area contributed by atoms with Crippen molar-refractivity contribution in [2.24, 2.45) is 0 Å². The van der Waals surface area contributed by atoms with E-state index in [1.54, 1.807) is 4.90 Å². The molecular weight excluding hydrogens is 376 g/mol. The van der Waals surface area contributed by atoms with Crippen molar-refractivity contribution in [2.45, 2.75) is 53.2 Å². The largest absolute Gasteiger partial charge is 0.351 e. The van der Waals surface area contributed by atoms with Crippen molar-refractivity contribution in [3.63, 3.8) is 0 Å². The van der Waals surface area contributed by atoms with Crippen molar-refractivity contribution >= 4 is 11.7 Å². The standard InChI is InChI=1S/C25H36N2O3/c1-5-21-15-12-16-22(6-2)24(21)26-25(28)27(19-23(29-7-3)30-8-4)18-17-20-13-10-9-11-14-20/h9-16,23H,5-8,17-19H2,1-4H3,(H,26,28). The molecule has 0 radical (unpaired) electrons. The van der Waals surface area contributed by atoms with E-state index >= 15 is 0 Å². The summed E-state index contributed by atoms with van der Waals surface area (Å²) < 4.78 is 11.4. The molecule has 0 heterocycles. The summed E-state index contributed by atoms with van der Waals surface area (Å²) in [6.07, 6.45) is 2.07. The van der Waals surface area contributed by atoms with Crippen LogP contribution in [0, 0.1) is 0 Å². The van der Waals surface area contributed by atoms with Gasteiger partial charge in [0.05, 0.1) is 6.54 Å². The van der Waals surface area contributed by atoms with Crippen LogP contribution in [0.3, 0.4) is 0 Å². The van der Waals surface area contributed by atoms with Crippen LogP contribution in [0.1, 0.15) is 44.4 Å². The maximum atomic E-state index is 13.3. The minimum atomic E-state index is -0.436. The van der Waals surface area contributed by atoms with Crippen LogP contribution in [0.2, 0.25) is 0 Å². The van der Waals surface area contributed by atoms with Gasteiger partial charge in [-0.3, -0.25) is 0 Å². The van der Waals surface area contributed by atoms with Gasteiger partial charge in [-0.25, -0.2) is 4.79 Å². The van der Waals surface area contributed by atoms with E-state index in [9.17, 15) is 4.79 Å². The lowest BCUT2D eigenvalue weighted by atomic mass is 10.0. The molecule has 0 bridgehead atoms. The van der Waals surface area contributed by atoms with Gasteiger partial charge in [-0.1, -0.05) is 62.4 Å². The summed E-state index contributed by atoms with van der Waals surface area (Å²) in [6, 6.07) is 16.3.